The van der Waals surface area contributed by atoms with Gasteiger partial charge in [0.2, 0.25) is 11.8 Å². The standard InChI is InChI=1S/C17H23N3O3/c1-13-18-15(23-19-13)9-10-16(21)20(12-17(2,3)22)11-14-7-5-4-6-8-14/h4-8,22H,9-12H2,1-3H3. The first-order valence-electron chi connectivity index (χ1n) is 7.67. The van der Waals surface area contributed by atoms with Crippen LogP contribution in [0.3, 0.4) is 0 Å². The first-order chi connectivity index (χ1) is 10.8. The summed E-state index contributed by atoms with van der Waals surface area (Å²) in [5.74, 6) is 0.968. The lowest BCUT2D eigenvalue weighted by atomic mass is 10.1. The molecular formula is C17H23N3O3. The van der Waals surface area contributed by atoms with Crippen LogP contribution in [0.15, 0.2) is 34.9 Å². The Morgan fingerprint density at radius 1 is 1.30 bits per heavy atom. The monoisotopic (exact) mass is 317 g/mol. The van der Waals surface area contributed by atoms with Gasteiger partial charge in [-0.2, -0.15) is 4.98 Å². The predicted molar refractivity (Wildman–Crippen MR) is 85.5 cm³/mol. The summed E-state index contributed by atoms with van der Waals surface area (Å²) in [6.07, 6.45) is 0.668. The molecule has 0 bridgehead atoms. The number of aliphatic hydroxyl groups is 1. The zero-order valence-corrected chi connectivity index (χ0v) is 13.8. The molecule has 23 heavy (non-hydrogen) atoms. The van der Waals surface area contributed by atoms with Crippen molar-refractivity contribution in [3.8, 4) is 0 Å². The smallest absolute Gasteiger partial charge is 0.227 e. The molecular weight excluding hydrogens is 294 g/mol. The molecule has 0 saturated carbocycles. The Balaban J connectivity index is 2.01. The Bertz CT molecular complexity index is 632. The number of amides is 1. The third-order valence-electron chi connectivity index (χ3n) is 3.27. The van der Waals surface area contributed by atoms with Gasteiger partial charge in [0.1, 0.15) is 0 Å². The average molecular weight is 317 g/mol. The molecule has 0 fully saturated rings. The summed E-state index contributed by atoms with van der Waals surface area (Å²) in [6, 6.07) is 9.73. The second-order valence-electron chi connectivity index (χ2n) is 6.28. The summed E-state index contributed by atoms with van der Waals surface area (Å²) in [6.45, 7) is 5.86. The summed E-state index contributed by atoms with van der Waals surface area (Å²) in [7, 11) is 0. The van der Waals surface area contributed by atoms with Crippen LogP contribution in [0.5, 0.6) is 0 Å². The Labute approximate surface area is 136 Å². The Morgan fingerprint density at radius 2 is 2.00 bits per heavy atom. The second-order valence-corrected chi connectivity index (χ2v) is 6.28. The van der Waals surface area contributed by atoms with E-state index < -0.39 is 5.60 Å². The number of hydrogen-bond donors (Lipinski definition) is 1. The summed E-state index contributed by atoms with van der Waals surface area (Å²) in [5.41, 5.74) is 0.0737. The molecule has 0 aliphatic carbocycles. The highest BCUT2D eigenvalue weighted by Gasteiger charge is 2.23. The van der Waals surface area contributed by atoms with Crippen molar-refractivity contribution in [3.05, 3.63) is 47.6 Å². The molecule has 1 aromatic carbocycles. The molecule has 0 spiro atoms. The number of rotatable bonds is 7. The molecule has 0 radical (unpaired) electrons. The first kappa shape index (κ1) is 17.1. The van der Waals surface area contributed by atoms with Gasteiger partial charge in [0.15, 0.2) is 5.82 Å². The molecule has 1 aromatic heterocycles. The van der Waals surface area contributed by atoms with Crippen LogP contribution in [0, 0.1) is 6.92 Å². The summed E-state index contributed by atoms with van der Waals surface area (Å²) in [4.78, 5) is 18.3. The Morgan fingerprint density at radius 3 is 2.57 bits per heavy atom. The zero-order chi connectivity index (χ0) is 16.9. The van der Waals surface area contributed by atoms with Gasteiger partial charge < -0.3 is 14.5 Å². The van der Waals surface area contributed by atoms with Gasteiger partial charge >= 0.3 is 0 Å². The molecule has 2 aromatic rings. The quantitative estimate of drug-likeness (QED) is 0.846. The molecule has 6 nitrogen and oxygen atoms in total. The minimum atomic E-state index is -0.953. The van der Waals surface area contributed by atoms with E-state index in [0.29, 0.717) is 24.7 Å². The van der Waals surface area contributed by atoms with Crippen LogP contribution in [-0.4, -0.2) is 38.2 Å². The maximum atomic E-state index is 12.5. The minimum Gasteiger partial charge on any atom is -0.389 e. The van der Waals surface area contributed by atoms with Crippen LogP contribution in [0.1, 0.15) is 37.5 Å². The summed E-state index contributed by atoms with van der Waals surface area (Å²) in [5, 5.41) is 13.8. The van der Waals surface area contributed by atoms with Crippen molar-refractivity contribution in [3.63, 3.8) is 0 Å². The maximum Gasteiger partial charge on any atom is 0.227 e. The molecule has 124 valence electrons. The SMILES string of the molecule is Cc1noc(CCC(=O)N(Cc2ccccc2)CC(C)(C)O)n1. The molecule has 1 N–H and O–H groups in total. The highest BCUT2D eigenvalue weighted by molar-refractivity contribution is 5.76. The number of aryl methyl sites for hydroxylation is 2. The molecule has 0 atom stereocenters. The van der Waals surface area contributed by atoms with Crippen molar-refractivity contribution in [2.24, 2.45) is 0 Å². The van der Waals surface area contributed by atoms with Gasteiger partial charge in [-0.05, 0) is 26.3 Å². The molecule has 0 unspecified atom stereocenters. The highest BCUT2D eigenvalue weighted by Crippen LogP contribution is 2.13. The van der Waals surface area contributed by atoms with Gasteiger partial charge in [0, 0.05) is 25.9 Å². The fraction of sp³-hybridized carbons (Fsp3) is 0.471. The van der Waals surface area contributed by atoms with Crippen LogP contribution in [0.2, 0.25) is 0 Å². The maximum absolute atomic E-state index is 12.5. The molecule has 0 saturated heterocycles. The molecule has 0 aliphatic heterocycles. The number of aromatic nitrogens is 2. The predicted octanol–water partition coefficient (Wildman–Crippen LogP) is 2.11. The van der Waals surface area contributed by atoms with Crippen molar-refractivity contribution in [2.75, 3.05) is 6.54 Å². The van der Waals surface area contributed by atoms with E-state index in [2.05, 4.69) is 10.1 Å². The number of benzene rings is 1. The van der Waals surface area contributed by atoms with E-state index in [1.165, 1.54) is 0 Å². The van der Waals surface area contributed by atoms with Gasteiger partial charge in [0.25, 0.3) is 0 Å². The Kier molecular flexibility index (Phi) is 5.50. The largest absolute Gasteiger partial charge is 0.389 e. The minimum absolute atomic E-state index is 0.0492. The van der Waals surface area contributed by atoms with Crippen LogP contribution in [-0.2, 0) is 17.8 Å². The highest BCUT2D eigenvalue weighted by atomic mass is 16.5. The van der Waals surface area contributed by atoms with E-state index in [9.17, 15) is 9.90 Å². The van der Waals surface area contributed by atoms with E-state index in [4.69, 9.17) is 4.52 Å². The third kappa shape index (κ3) is 5.83. The Hall–Kier alpha value is -2.21. The van der Waals surface area contributed by atoms with Crippen molar-refractivity contribution >= 4 is 5.91 Å². The molecule has 1 amide bonds. The van der Waals surface area contributed by atoms with Crippen LogP contribution >= 0.6 is 0 Å². The summed E-state index contributed by atoms with van der Waals surface area (Å²) < 4.78 is 5.03. The molecule has 2 rings (SSSR count). The fourth-order valence-corrected chi connectivity index (χ4v) is 2.32. The van der Waals surface area contributed by atoms with Gasteiger partial charge in [-0.1, -0.05) is 35.5 Å². The normalized spacial score (nSPS) is 11.5. The average Bonchev–Trinajstić information content (AvgIpc) is 2.89. The molecule has 0 aliphatic rings. The second kappa shape index (κ2) is 7.37. The fourth-order valence-electron chi connectivity index (χ4n) is 2.32. The topological polar surface area (TPSA) is 79.5 Å². The first-order valence-corrected chi connectivity index (χ1v) is 7.67. The van der Waals surface area contributed by atoms with Gasteiger partial charge in [-0.25, -0.2) is 0 Å². The van der Waals surface area contributed by atoms with Gasteiger partial charge in [0.05, 0.1) is 5.60 Å². The van der Waals surface area contributed by atoms with E-state index in [-0.39, 0.29) is 18.9 Å². The van der Waals surface area contributed by atoms with Crippen LogP contribution in [0.4, 0.5) is 0 Å². The molecule has 1 heterocycles. The number of nitrogens with zero attached hydrogens (tertiary/aromatic N) is 3. The van der Waals surface area contributed by atoms with Crippen molar-refractivity contribution in [1.82, 2.24) is 15.0 Å². The lowest BCUT2D eigenvalue weighted by molar-refractivity contribution is -0.135. The lowest BCUT2D eigenvalue weighted by Gasteiger charge is -2.29. The van der Waals surface area contributed by atoms with E-state index in [1.54, 1.807) is 25.7 Å². The van der Waals surface area contributed by atoms with Gasteiger partial charge in [-0.15, -0.1) is 0 Å². The number of carbonyl (C=O) groups is 1. The van der Waals surface area contributed by atoms with Gasteiger partial charge in [-0.3, -0.25) is 4.79 Å². The van der Waals surface area contributed by atoms with Crippen molar-refractivity contribution < 1.29 is 14.4 Å². The lowest BCUT2D eigenvalue weighted by Crippen LogP contribution is -2.41. The molecule has 6 heteroatoms. The number of carbonyl (C=O) groups excluding carboxylic acids is 1. The number of hydrogen-bond acceptors (Lipinski definition) is 5. The van der Waals surface area contributed by atoms with Crippen LogP contribution in [0.25, 0.3) is 0 Å². The van der Waals surface area contributed by atoms with Crippen molar-refractivity contribution in [2.45, 2.75) is 45.8 Å². The van der Waals surface area contributed by atoms with Crippen molar-refractivity contribution in [1.29, 1.82) is 0 Å². The zero-order valence-electron chi connectivity index (χ0n) is 13.8. The summed E-state index contributed by atoms with van der Waals surface area (Å²) >= 11 is 0. The van der Waals surface area contributed by atoms with E-state index in [1.807, 2.05) is 30.3 Å². The van der Waals surface area contributed by atoms with E-state index in [0.717, 1.165) is 5.56 Å². The third-order valence-corrected chi connectivity index (χ3v) is 3.27. The van der Waals surface area contributed by atoms with Crippen LogP contribution < -0.4 is 0 Å². The van der Waals surface area contributed by atoms with E-state index >= 15 is 0 Å².